The number of piperidine rings is 1. The van der Waals surface area contributed by atoms with Gasteiger partial charge in [-0.1, -0.05) is 6.92 Å². The van der Waals surface area contributed by atoms with Crippen LogP contribution in [-0.2, 0) is 11.2 Å². The number of nitrogens with zero attached hydrogens (tertiary/aromatic N) is 3. The van der Waals surface area contributed by atoms with Gasteiger partial charge in [-0.15, -0.1) is 0 Å². The highest BCUT2D eigenvalue weighted by Crippen LogP contribution is 2.29. The number of hydrogen-bond acceptors (Lipinski definition) is 4. The molecule has 0 radical (unpaired) electrons. The molecule has 1 aromatic rings. The van der Waals surface area contributed by atoms with Crippen molar-refractivity contribution in [3.05, 3.63) is 18.1 Å². The predicted octanol–water partition coefficient (Wildman–Crippen LogP) is 1.53. The van der Waals surface area contributed by atoms with E-state index < -0.39 is 0 Å². The highest BCUT2D eigenvalue weighted by molar-refractivity contribution is 5.81. The van der Waals surface area contributed by atoms with Gasteiger partial charge in [0.1, 0.15) is 12.1 Å². The smallest absolute Gasteiger partial charge is 0.223 e. The Bertz CT molecular complexity index is 479. The maximum absolute atomic E-state index is 11.8. The summed E-state index contributed by atoms with van der Waals surface area (Å²) in [6.45, 7) is 4.01. The van der Waals surface area contributed by atoms with Gasteiger partial charge in [0.15, 0.2) is 0 Å². The molecule has 1 aromatic heterocycles. The molecule has 1 amide bonds. The summed E-state index contributed by atoms with van der Waals surface area (Å²) in [5.74, 6) is 1.59. The number of aromatic nitrogens is 2. The molecular formula is C15H22N4O. The van der Waals surface area contributed by atoms with Crippen LogP contribution in [0.4, 0.5) is 5.82 Å². The number of rotatable bonds is 4. The Labute approximate surface area is 119 Å². The van der Waals surface area contributed by atoms with Crippen molar-refractivity contribution in [2.24, 2.45) is 5.92 Å². The van der Waals surface area contributed by atoms with Crippen molar-refractivity contribution in [2.45, 2.75) is 45.1 Å². The lowest BCUT2D eigenvalue weighted by atomic mass is 10.0. The van der Waals surface area contributed by atoms with Gasteiger partial charge in [-0.05, 0) is 32.1 Å². The molecule has 1 aliphatic heterocycles. The molecule has 0 spiro atoms. The molecule has 0 atom stereocenters. The fourth-order valence-corrected chi connectivity index (χ4v) is 2.67. The average molecular weight is 274 g/mol. The molecule has 1 saturated carbocycles. The lowest BCUT2D eigenvalue weighted by molar-refractivity contribution is -0.123. The summed E-state index contributed by atoms with van der Waals surface area (Å²) in [4.78, 5) is 22.7. The lowest BCUT2D eigenvalue weighted by Gasteiger charge is -2.33. The molecule has 2 heterocycles. The van der Waals surface area contributed by atoms with E-state index in [1.807, 2.05) is 0 Å². The van der Waals surface area contributed by atoms with Gasteiger partial charge in [0.05, 0.1) is 0 Å². The molecule has 2 fully saturated rings. The minimum absolute atomic E-state index is 0.263. The molecule has 1 saturated heterocycles. The average Bonchev–Trinajstić information content (AvgIpc) is 3.33. The second-order valence-electron chi connectivity index (χ2n) is 5.77. The van der Waals surface area contributed by atoms with E-state index in [4.69, 9.17) is 0 Å². The van der Waals surface area contributed by atoms with Crippen LogP contribution in [0.5, 0.6) is 0 Å². The van der Waals surface area contributed by atoms with E-state index in [2.05, 4.69) is 33.2 Å². The molecular weight excluding hydrogens is 252 g/mol. The predicted molar refractivity (Wildman–Crippen MR) is 77.5 cm³/mol. The molecule has 3 rings (SSSR count). The molecule has 0 aromatic carbocycles. The lowest BCUT2D eigenvalue weighted by Crippen LogP contribution is -2.45. The van der Waals surface area contributed by atoms with Gasteiger partial charge in [-0.25, -0.2) is 9.97 Å². The van der Waals surface area contributed by atoms with Crippen LogP contribution in [0.25, 0.3) is 0 Å². The number of anilines is 1. The molecule has 0 unspecified atom stereocenters. The molecule has 2 aliphatic rings. The largest absolute Gasteiger partial charge is 0.356 e. The van der Waals surface area contributed by atoms with Crippen molar-refractivity contribution in [2.75, 3.05) is 18.0 Å². The van der Waals surface area contributed by atoms with Crippen LogP contribution in [0.1, 0.15) is 38.3 Å². The third-order valence-corrected chi connectivity index (χ3v) is 4.18. The monoisotopic (exact) mass is 274 g/mol. The topological polar surface area (TPSA) is 58.1 Å². The maximum Gasteiger partial charge on any atom is 0.223 e. The van der Waals surface area contributed by atoms with Crippen molar-refractivity contribution in [1.29, 1.82) is 0 Å². The van der Waals surface area contributed by atoms with Crippen LogP contribution in [0.15, 0.2) is 12.4 Å². The number of nitrogens with one attached hydrogen (secondary N) is 1. The van der Waals surface area contributed by atoms with Crippen molar-refractivity contribution in [1.82, 2.24) is 15.3 Å². The Morgan fingerprint density at radius 2 is 2.05 bits per heavy atom. The molecule has 1 aliphatic carbocycles. The van der Waals surface area contributed by atoms with Crippen LogP contribution in [-0.4, -0.2) is 35.0 Å². The first-order valence-electron chi connectivity index (χ1n) is 7.62. The van der Waals surface area contributed by atoms with E-state index in [1.54, 1.807) is 6.33 Å². The van der Waals surface area contributed by atoms with Crippen molar-refractivity contribution >= 4 is 11.7 Å². The zero-order valence-corrected chi connectivity index (χ0v) is 12.0. The highest BCUT2D eigenvalue weighted by atomic mass is 16.2. The van der Waals surface area contributed by atoms with Crippen molar-refractivity contribution in [3.8, 4) is 0 Å². The van der Waals surface area contributed by atoms with E-state index in [1.165, 1.54) is 0 Å². The molecule has 1 N–H and O–H groups in total. The first kappa shape index (κ1) is 13.3. The third kappa shape index (κ3) is 3.08. The van der Waals surface area contributed by atoms with Gasteiger partial charge in [0, 0.05) is 36.8 Å². The fraction of sp³-hybridized carbons (Fsp3) is 0.667. The minimum Gasteiger partial charge on any atom is -0.356 e. The van der Waals surface area contributed by atoms with Gasteiger partial charge >= 0.3 is 0 Å². The van der Waals surface area contributed by atoms with E-state index in [0.717, 1.165) is 56.7 Å². The number of carbonyl (C=O) groups excluding carboxylic acids is 1. The van der Waals surface area contributed by atoms with Gasteiger partial charge in [-0.2, -0.15) is 0 Å². The first-order valence-corrected chi connectivity index (χ1v) is 7.62. The standard InChI is InChI=1S/C15H22N4O/c1-2-12-9-14(17-10-16-12)19-7-5-13(6-8-19)18-15(20)11-3-4-11/h9-11,13H,2-8H2,1H3,(H,18,20). The molecule has 5 nitrogen and oxygen atoms in total. The van der Waals surface area contributed by atoms with E-state index in [0.29, 0.717) is 12.0 Å². The Hall–Kier alpha value is -1.65. The summed E-state index contributed by atoms with van der Waals surface area (Å²) in [5, 5.41) is 3.18. The van der Waals surface area contributed by atoms with Gasteiger partial charge in [0.25, 0.3) is 0 Å². The van der Waals surface area contributed by atoms with E-state index in [-0.39, 0.29) is 5.91 Å². The number of amides is 1. The number of aryl methyl sites for hydroxylation is 1. The molecule has 108 valence electrons. The van der Waals surface area contributed by atoms with Crippen LogP contribution in [0.3, 0.4) is 0 Å². The SMILES string of the molecule is CCc1cc(N2CCC(NC(=O)C3CC3)CC2)ncn1. The summed E-state index contributed by atoms with van der Waals surface area (Å²) in [5.41, 5.74) is 1.08. The highest BCUT2D eigenvalue weighted by Gasteiger charge is 2.31. The van der Waals surface area contributed by atoms with Crippen LogP contribution < -0.4 is 10.2 Å². The van der Waals surface area contributed by atoms with E-state index >= 15 is 0 Å². The van der Waals surface area contributed by atoms with Crippen LogP contribution >= 0.6 is 0 Å². The van der Waals surface area contributed by atoms with Crippen LogP contribution in [0, 0.1) is 5.92 Å². The third-order valence-electron chi connectivity index (χ3n) is 4.18. The van der Waals surface area contributed by atoms with Gasteiger partial charge in [0.2, 0.25) is 5.91 Å². The van der Waals surface area contributed by atoms with Crippen molar-refractivity contribution < 1.29 is 4.79 Å². The van der Waals surface area contributed by atoms with Gasteiger partial charge in [-0.3, -0.25) is 4.79 Å². The Morgan fingerprint density at radius 3 is 2.70 bits per heavy atom. The minimum atomic E-state index is 0.263. The summed E-state index contributed by atoms with van der Waals surface area (Å²) in [6, 6.07) is 2.41. The molecule has 5 heteroatoms. The van der Waals surface area contributed by atoms with E-state index in [9.17, 15) is 4.79 Å². The maximum atomic E-state index is 11.8. The summed E-state index contributed by atoms with van der Waals surface area (Å²) in [7, 11) is 0. The molecule has 20 heavy (non-hydrogen) atoms. The second-order valence-corrected chi connectivity index (χ2v) is 5.77. The Balaban J connectivity index is 1.53. The summed E-state index contributed by atoms with van der Waals surface area (Å²) < 4.78 is 0. The fourth-order valence-electron chi connectivity index (χ4n) is 2.67. The molecule has 0 bridgehead atoms. The summed E-state index contributed by atoms with van der Waals surface area (Å²) >= 11 is 0. The summed E-state index contributed by atoms with van der Waals surface area (Å²) in [6.07, 6.45) is 6.74. The Kier molecular flexibility index (Phi) is 3.85. The van der Waals surface area contributed by atoms with Crippen molar-refractivity contribution in [3.63, 3.8) is 0 Å². The normalized spacial score (nSPS) is 19.9. The zero-order chi connectivity index (χ0) is 13.9. The second kappa shape index (κ2) is 5.77. The Morgan fingerprint density at radius 1 is 1.30 bits per heavy atom. The van der Waals surface area contributed by atoms with Gasteiger partial charge < -0.3 is 10.2 Å². The number of carbonyl (C=O) groups is 1. The quantitative estimate of drug-likeness (QED) is 0.904. The number of hydrogen-bond donors (Lipinski definition) is 1. The van der Waals surface area contributed by atoms with Crippen LogP contribution in [0.2, 0.25) is 0 Å². The zero-order valence-electron chi connectivity index (χ0n) is 12.0. The first-order chi connectivity index (χ1) is 9.76.